The zero-order chi connectivity index (χ0) is 21.3. The molecule has 2 aliphatic rings. The summed E-state index contributed by atoms with van der Waals surface area (Å²) in [6.07, 6.45) is 1.24. The third-order valence-electron chi connectivity index (χ3n) is 6.30. The van der Waals surface area contributed by atoms with Crippen molar-refractivity contribution in [2.75, 3.05) is 0 Å². The Morgan fingerprint density at radius 2 is 2.03 bits per heavy atom. The molecule has 3 aromatic heterocycles. The van der Waals surface area contributed by atoms with Gasteiger partial charge < -0.3 is 4.98 Å². The highest BCUT2D eigenvalue weighted by atomic mass is 32.2. The normalized spacial score (nSPS) is 25.5. The van der Waals surface area contributed by atoms with Gasteiger partial charge in [0, 0.05) is 18.7 Å². The van der Waals surface area contributed by atoms with E-state index in [1.165, 1.54) is 10.6 Å². The quantitative estimate of drug-likeness (QED) is 0.636. The number of rotatable bonds is 5. The second-order valence-corrected chi connectivity index (χ2v) is 10.5. The summed E-state index contributed by atoms with van der Waals surface area (Å²) < 4.78 is 69.6. The number of nitrogens with zero attached hydrogens (tertiary/aromatic N) is 3. The Bertz CT molecular complexity index is 1210. The Kier molecular flexibility index (Phi) is 4.41. The molecule has 3 heterocycles. The number of aromatic amines is 1. The van der Waals surface area contributed by atoms with Crippen molar-refractivity contribution in [1.82, 2.24) is 24.1 Å². The molecule has 3 atom stereocenters. The lowest BCUT2D eigenvalue weighted by Gasteiger charge is -2.14. The van der Waals surface area contributed by atoms with Gasteiger partial charge in [-0.05, 0) is 43.6 Å². The standard InChI is InChI=1S/C19H22F3N5O2S/c1-10-6-12(26-30(28,29)13-2-3-13)7-11(10)8-16-25-17(19(20,21)22)15-9-24-18-14(27(15)16)4-5-23-18/h4-5,9-13,23,26H,2-3,6-8H2,1H3/t10-,11-,12+/m1/s1. The molecule has 3 aromatic rings. The summed E-state index contributed by atoms with van der Waals surface area (Å²) in [5, 5.41) is -0.285. The minimum absolute atomic E-state index is 0.0331. The number of fused-ring (bicyclic) bond motifs is 3. The molecule has 11 heteroatoms. The molecule has 0 aromatic carbocycles. The van der Waals surface area contributed by atoms with Crippen LogP contribution in [-0.2, 0) is 22.6 Å². The predicted octanol–water partition coefficient (Wildman–Crippen LogP) is 3.27. The molecule has 0 spiro atoms. The molecule has 0 amide bonds. The van der Waals surface area contributed by atoms with Crippen LogP contribution in [0.1, 0.15) is 44.1 Å². The van der Waals surface area contributed by atoms with Crippen LogP contribution in [-0.4, -0.2) is 39.1 Å². The molecule has 0 unspecified atom stereocenters. The molecule has 0 radical (unpaired) electrons. The number of halogens is 3. The minimum atomic E-state index is -4.58. The number of nitrogens with one attached hydrogen (secondary N) is 2. The maximum absolute atomic E-state index is 13.6. The molecule has 30 heavy (non-hydrogen) atoms. The van der Waals surface area contributed by atoms with E-state index in [2.05, 4.69) is 19.7 Å². The van der Waals surface area contributed by atoms with Gasteiger partial charge >= 0.3 is 6.18 Å². The summed E-state index contributed by atoms with van der Waals surface area (Å²) >= 11 is 0. The number of hydrogen-bond donors (Lipinski definition) is 2. The van der Waals surface area contributed by atoms with E-state index in [-0.39, 0.29) is 28.6 Å². The first-order chi connectivity index (χ1) is 14.1. The van der Waals surface area contributed by atoms with Crippen LogP contribution in [0.5, 0.6) is 0 Å². The average molecular weight is 441 g/mol. The highest BCUT2D eigenvalue weighted by Crippen LogP contribution is 2.38. The molecule has 162 valence electrons. The fourth-order valence-electron chi connectivity index (χ4n) is 4.63. The number of H-pyrrole nitrogens is 1. The van der Waals surface area contributed by atoms with Crippen molar-refractivity contribution in [2.45, 2.75) is 56.5 Å². The van der Waals surface area contributed by atoms with Gasteiger partial charge in [0.2, 0.25) is 10.0 Å². The maximum atomic E-state index is 13.6. The molecule has 2 saturated carbocycles. The summed E-state index contributed by atoms with van der Waals surface area (Å²) in [6, 6.07) is 1.50. The highest BCUT2D eigenvalue weighted by Gasteiger charge is 2.41. The minimum Gasteiger partial charge on any atom is -0.345 e. The van der Waals surface area contributed by atoms with E-state index in [0.717, 1.165) is 0 Å². The molecule has 0 saturated heterocycles. The lowest BCUT2D eigenvalue weighted by atomic mass is 9.94. The Morgan fingerprint density at radius 1 is 1.27 bits per heavy atom. The summed E-state index contributed by atoms with van der Waals surface area (Å²) in [5.74, 6) is 0.528. The third kappa shape index (κ3) is 3.37. The van der Waals surface area contributed by atoms with Gasteiger partial charge in [0.05, 0.1) is 22.5 Å². The van der Waals surface area contributed by atoms with Crippen LogP contribution in [0, 0.1) is 11.8 Å². The van der Waals surface area contributed by atoms with Crippen molar-refractivity contribution in [3.8, 4) is 0 Å². The Labute approximate surface area is 171 Å². The van der Waals surface area contributed by atoms with Gasteiger partial charge in [-0.3, -0.25) is 4.40 Å². The largest absolute Gasteiger partial charge is 0.435 e. The summed E-state index contributed by atoms with van der Waals surface area (Å²) in [7, 11) is -3.29. The van der Waals surface area contributed by atoms with Gasteiger partial charge in [0.15, 0.2) is 11.3 Å². The summed E-state index contributed by atoms with van der Waals surface area (Å²) in [6.45, 7) is 2.02. The Morgan fingerprint density at radius 3 is 2.73 bits per heavy atom. The van der Waals surface area contributed by atoms with Crippen LogP contribution < -0.4 is 4.72 Å². The summed E-state index contributed by atoms with van der Waals surface area (Å²) in [4.78, 5) is 11.0. The van der Waals surface area contributed by atoms with Gasteiger partial charge in [-0.25, -0.2) is 23.1 Å². The molecule has 5 rings (SSSR count). The second-order valence-electron chi connectivity index (χ2n) is 8.54. The van der Waals surface area contributed by atoms with Crippen molar-refractivity contribution < 1.29 is 21.6 Å². The molecular weight excluding hydrogens is 419 g/mol. The van der Waals surface area contributed by atoms with Gasteiger partial charge in [-0.1, -0.05) is 6.92 Å². The lowest BCUT2D eigenvalue weighted by molar-refractivity contribution is -0.139. The molecule has 2 fully saturated rings. The number of sulfonamides is 1. The number of alkyl halides is 3. The summed E-state index contributed by atoms with van der Waals surface area (Å²) in [5.41, 5.74) is 0.0255. The zero-order valence-electron chi connectivity index (χ0n) is 16.3. The van der Waals surface area contributed by atoms with E-state index in [0.29, 0.717) is 49.1 Å². The van der Waals surface area contributed by atoms with Crippen molar-refractivity contribution in [2.24, 2.45) is 11.8 Å². The second kappa shape index (κ2) is 6.68. The van der Waals surface area contributed by atoms with Gasteiger partial charge in [-0.2, -0.15) is 13.2 Å². The molecule has 2 aliphatic carbocycles. The average Bonchev–Trinajstić information content (AvgIpc) is 3.17. The first kappa shape index (κ1) is 19.8. The van der Waals surface area contributed by atoms with Crippen molar-refractivity contribution in [3.05, 3.63) is 30.0 Å². The smallest absolute Gasteiger partial charge is 0.345 e. The maximum Gasteiger partial charge on any atom is 0.435 e. The van der Waals surface area contributed by atoms with E-state index in [1.54, 1.807) is 12.3 Å². The monoisotopic (exact) mass is 441 g/mol. The molecule has 0 bridgehead atoms. The van der Waals surface area contributed by atoms with E-state index in [4.69, 9.17) is 0 Å². The highest BCUT2D eigenvalue weighted by molar-refractivity contribution is 7.90. The topological polar surface area (TPSA) is 92.2 Å². The van der Waals surface area contributed by atoms with E-state index >= 15 is 0 Å². The van der Waals surface area contributed by atoms with Crippen LogP contribution in [0.15, 0.2) is 18.5 Å². The molecule has 0 aliphatic heterocycles. The van der Waals surface area contributed by atoms with E-state index in [9.17, 15) is 21.6 Å². The van der Waals surface area contributed by atoms with Crippen LogP contribution in [0.4, 0.5) is 13.2 Å². The number of hydrogen-bond acceptors (Lipinski definition) is 4. The predicted molar refractivity (Wildman–Crippen MR) is 104 cm³/mol. The van der Waals surface area contributed by atoms with Crippen molar-refractivity contribution >= 4 is 26.7 Å². The van der Waals surface area contributed by atoms with Crippen LogP contribution in [0.3, 0.4) is 0 Å². The molecule has 2 N–H and O–H groups in total. The van der Waals surface area contributed by atoms with E-state index in [1.807, 2.05) is 6.92 Å². The van der Waals surface area contributed by atoms with E-state index < -0.39 is 21.9 Å². The fraction of sp³-hybridized carbons (Fsp3) is 0.579. The Balaban J connectivity index is 1.47. The number of imidazole rings is 1. The first-order valence-electron chi connectivity index (χ1n) is 10.0. The van der Waals surface area contributed by atoms with Crippen LogP contribution in [0.25, 0.3) is 16.7 Å². The van der Waals surface area contributed by atoms with Crippen molar-refractivity contribution in [3.63, 3.8) is 0 Å². The van der Waals surface area contributed by atoms with Gasteiger partial charge in [-0.15, -0.1) is 0 Å². The third-order valence-corrected chi connectivity index (χ3v) is 8.31. The molecule has 7 nitrogen and oxygen atoms in total. The first-order valence-corrected chi connectivity index (χ1v) is 11.6. The SMILES string of the molecule is C[C@@H]1C[C@H](NS(=O)(=O)C2CC2)C[C@@H]1Cc1nc(C(F)(F)F)c2cnc3[nH]ccc3n12. The van der Waals surface area contributed by atoms with Crippen LogP contribution >= 0.6 is 0 Å². The fourth-order valence-corrected chi connectivity index (χ4v) is 6.24. The van der Waals surface area contributed by atoms with Crippen LogP contribution in [0.2, 0.25) is 0 Å². The molecular formula is C19H22F3N5O2S. The van der Waals surface area contributed by atoms with Gasteiger partial charge in [0.25, 0.3) is 0 Å². The lowest BCUT2D eigenvalue weighted by Crippen LogP contribution is -2.35. The zero-order valence-corrected chi connectivity index (χ0v) is 17.1. The van der Waals surface area contributed by atoms with Crippen molar-refractivity contribution in [1.29, 1.82) is 0 Å². The van der Waals surface area contributed by atoms with Gasteiger partial charge in [0.1, 0.15) is 5.82 Å². The number of aromatic nitrogens is 4. The Hall–Kier alpha value is -2.14.